The molecular weight excluding hydrogens is 547 g/mol. The van der Waals surface area contributed by atoms with Crippen molar-refractivity contribution in [2.75, 3.05) is 6.61 Å². The molecule has 0 bridgehead atoms. The van der Waals surface area contributed by atoms with Gasteiger partial charge in [0.15, 0.2) is 5.78 Å². The van der Waals surface area contributed by atoms with E-state index in [0.717, 1.165) is 10.0 Å². The number of halogens is 4. The molecule has 3 rings (SSSR count). The smallest absolute Gasteiger partial charge is 0.243 e. The topological polar surface area (TPSA) is 35.1 Å². The second-order valence-electron chi connectivity index (χ2n) is 7.23. The largest absolute Gasteiger partial charge is 1.00 e. The predicted octanol–water partition coefficient (Wildman–Crippen LogP) is 3.29. The third-order valence-corrected chi connectivity index (χ3v) is 6.01. The van der Waals surface area contributed by atoms with Crippen molar-refractivity contribution >= 4 is 44.9 Å². The number of aryl methyl sites for hydroxylation is 1. The molecule has 0 aliphatic heterocycles. The molecule has 0 saturated carbocycles. The molecule has 4 nitrogen and oxygen atoms in total. The Labute approximate surface area is 219 Å². The number of nitrogens with zero attached hydrogens (tertiary/aromatic N) is 2. The number of benzene rings is 2. The quantitative estimate of drug-likeness (QED) is 0.162. The number of Topliss-reactive ketones (excluding diaryl/α,β-unsaturated/α-hetero) is 1. The second-order valence-corrected chi connectivity index (χ2v) is 8.99. The minimum atomic E-state index is -0.247. The fourth-order valence-corrected chi connectivity index (χ4v) is 4.06. The van der Waals surface area contributed by atoms with Crippen molar-refractivity contribution in [2.24, 2.45) is 0 Å². The zero-order valence-corrected chi connectivity index (χ0v) is 22.0. The monoisotopic (exact) mass is 568 g/mol. The predicted molar refractivity (Wildman–Crippen MR) is 131 cm³/mol. The average Bonchev–Trinajstić information content (AvgIpc) is 3.22. The van der Waals surface area contributed by atoms with Gasteiger partial charge < -0.3 is 17.1 Å². The lowest BCUT2D eigenvalue weighted by molar-refractivity contribution is -0.704. The molecule has 0 saturated heterocycles. The maximum Gasteiger partial charge on any atom is 0.243 e. The van der Waals surface area contributed by atoms with Gasteiger partial charge in [-0.15, -0.1) is 11.8 Å². The Kier molecular flexibility index (Phi) is 11.5. The van der Waals surface area contributed by atoms with Gasteiger partial charge in [0.1, 0.15) is 25.0 Å². The molecule has 0 radical (unpaired) electrons. The molecule has 33 heavy (non-hydrogen) atoms. The molecule has 1 atom stereocenters. The lowest BCUT2D eigenvalue weighted by Crippen LogP contribution is -3.00. The summed E-state index contributed by atoms with van der Waals surface area (Å²) in [6.07, 6.45) is 6.73. The van der Waals surface area contributed by atoms with Gasteiger partial charge in [-0.05, 0) is 31.2 Å². The standard InChI is InChI=1S/C25H24BrCl2N2O2.ClH/c1-2-3-4-15-32-25(22-10-9-21(27)16-23(22)28)17-30-14-13-29(18-30)12-11-24(31)19-5-7-20(26)8-6-19;/h5-10,13-14,16,18,25H,4,11-12,15,17H2,1H3;1H/q+1;/p-1. The van der Waals surface area contributed by atoms with Crippen LogP contribution in [0.3, 0.4) is 0 Å². The van der Waals surface area contributed by atoms with Gasteiger partial charge in [-0.3, -0.25) is 4.79 Å². The molecule has 174 valence electrons. The van der Waals surface area contributed by atoms with Crippen LogP contribution in [0.15, 0.2) is 65.7 Å². The van der Waals surface area contributed by atoms with Gasteiger partial charge in [0, 0.05) is 38.5 Å². The zero-order chi connectivity index (χ0) is 22.9. The van der Waals surface area contributed by atoms with E-state index in [0.29, 0.717) is 48.1 Å². The number of ether oxygens (including phenoxy) is 1. The summed E-state index contributed by atoms with van der Waals surface area (Å²) in [5, 5.41) is 1.16. The lowest BCUT2D eigenvalue weighted by atomic mass is 10.1. The van der Waals surface area contributed by atoms with Crippen molar-refractivity contribution in [1.82, 2.24) is 4.57 Å². The van der Waals surface area contributed by atoms with Gasteiger partial charge >= 0.3 is 0 Å². The number of aromatic nitrogens is 2. The number of carbonyl (C=O) groups excluding carboxylic acids is 1. The van der Waals surface area contributed by atoms with E-state index in [1.54, 1.807) is 6.07 Å². The van der Waals surface area contributed by atoms with Crippen LogP contribution in [0.5, 0.6) is 0 Å². The Morgan fingerprint density at radius 1 is 1.21 bits per heavy atom. The van der Waals surface area contributed by atoms with Crippen molar-refractivity contribution < 1.29 is 26.5 Å². The Balaban J connectivity index is 0.00000385. The van der Waals surface area contributed by atoms with Crippen LogP contribution in [0.25, 0.3) is 0 Å². The molecule has 2 aromatic carbocycles. The summed E-state index contributed by atoms with van der Waals surface area (Å²) >= 11 is 15.9. The minimum absolute atomic E-state index is 0. The van der Waals surface area contributed by atoms with Gasteiger partial charge in [0.2, 0.25) is 6.33 Å². The van der Waals surface area contributed by atoms with Crippen LogP contribution in [0, 0.1) is 11.8 Å². The molecule has 0 spiro atoms. The average molecular weight is 571 g/mol. The number of imidazole rings is 1. The van der Waals surface area contributed by atoms with Crippen LogP contribution in [-0.4, -0.2) is 17.0 Å². The Hall–Kier alpha value is -1.81. The fraction of sp³-hybridized carbons (Fsp3) is 0.280. The number of hydrogen-bond donors (Lipinski definition) is 0. The van der Waals surface area contributed by atoms with Crippen LogP contribution in [0.2, 0.25) is 10.0 Å². The number of hydrogen-bond acceptors (Lipinski definition) is 2. The normalized spacial score (nSPS) is 11.3. The molecule has 0 N–H and O–H groups in total. The molecule has 1 unspecified atom stereocenters. The first-order valence-corrected chi connectivity index (χ1v) is 11.8. The van der Waals surface area contributed by atoms with Gasteiger partial charge in [-0.2, -0.15) is 0 Å². The molecular formula is C25H24BrCl3N2O2. The fourth-order valence-electron chi connectivity index (χ4n) is 3.26. The molecule has 0 aliphatic carbocycles. The van der Waals surface area contributed by atoms with Gasteiger partial charge in [0.25, 0.3) is 0 Å². The van der Waals surface area contributed by atoms with E-state index in [9.17, 15) is 4.79 Å². The lowest BCUT2D eigenvalue weighted by Gasteiger charge is -2.17. The Morgan fingerprint density at radius 3 is 2.67 bits per heavy atom. The highest BCUT2D eigenvalue weighted by Gasteiger charge is 2.20. The van der Waals surface area contributed by atoms with Crippen LogP contribution < -0.4 is 17.0 Å². The van der Waals surface area contributed by atoms with Gasteiger partial charge in [0.05, 0.1) is 13.2 Å². The highest BCUT2D eigenvalue weighted by molar-refractivity contribution is 9.10. The minimum Gasteiger partial charge on any atom is -1.00 e. The third-order valence-electron chi connectivity index (χ3n) is 4.92. The molecule has 0 amide bonds. The Morgan fingerprint density at radius 2 is 1.97 bits per heavy atom. The third kappa shape index (κ3) is 8.48. The summed E-state index contributed by atoms with van der Waals surface area (Å²) in [6, 6.07) is 12.9. The van der Waals surface area contributed by atoms with Gasteiger partial charge in [-0.25, -0.2) is 9.13 Å². The molecule has 0 fully saturated rings. The second kappa shape index (κ2) is 13.8. The highest BCUT2D eigenvalue weighted by atomic mass is 79.9. The van der Waals surface area contributed by atoms with E-state index in [2.05, 4.69) is 27.8 Å². The van der Waals surface area contributed by atoms with Crippen LogP contribution in [0.4, 0.5) is 0 Å². The number of rotatable bonds is 10. The maximum absolute atomic E-state index is 12.4. The van der Waals surface area contributed by atoms with Crippen molar-refractivity contribution in [2.45, 2.75) is 39.0 Å². The number of carbonyl (C=O) groups is 1. The first-order chi connectivity index (χ1) is 15.5. The zero-order valence-electron chi connectivity index (χ0n) is 18.1. The Bertz CT molecular complexity index is 1120. The van der Waals surface area contributed by atoms with Crippen molar-refractivity contribution in [3.63, 3.8) is 0 Å². The van der Waals surface area contributed by atoms with E-state index < -0.39 is 0 Å². The number of ketones is 1. The summed E-state index contributed by atoms with van der Waals surface area (Å²) in [5.41, 5.74) is 1.60. The van der Waals surface area contributed by atoms with Crippen LogP contribution in [-0.2, 0) is 17.8 Å². The van der Waals surface area contributed by atoms with Crippen molar-refractivity contribution in [1.29, 1.82) is 0 Å². The summed E-state index contributed by atoms with van der Waals surface area (Å²) in [6.45, 7) is 3.50. The molecule has 8 heteroatoms. The molecule has 0 aliphatic rings. The molecule has 1 heterocycles. The summed E-state index contributed by atoms with van der Waals surface area (Å²) in [4.78, 5) is 12.4. The van der Waals surface area contributed by atoms with E-state index >= 15 is 0 Å². The van der Waals surface area contributed by atoms with Crippen LogP contribution in [0.1, 0.15) is 41.8 Å². The van der Waals surface area contributed by atoms with Crippen LogP contribution >= 0.6 is 39.1 Å². The molecule has 3 aromatic rings. The highest BCUT2D eigenvalue weighted by Crippen LogP contribution is 2.29. The van der Waals surface area contributed by atoms with E-state index in [4.69, 9.17) is 27.9 Å². The van der Waals surface area contributed by atoms with Crippen molar-refractivity contribution in [3.8, 4) is 11.8 Å². The summed E-state index contributed by atoms with van der Waals surface area (Å²) < 4.78 is 11.1. The van der Waals surface area contributed by atoms with E-state index in [1.807, 2.05) is 71.2 Å². The summed E-state index contributed by atoms with van der Waals surface area (Å²) in [7, 11) is 0. The first kappa shape index (κ1) is 27.4. The van der Waals surface area contributed by atoms with E-state index in [-0.39, 0.29) is 24.3 Å². The molecule has 1 aromatic heterocycles. The summed E-state index contributed by atoms with van der Waals surface area (Å²) in [5.74, 6) is 6.01. The maximum atomic E-state index is 12.4. The first-order valence-electron chi connectivity index (χ1n) is 10.3. The SMILES string of the molecule is CC#CCCOC(C[n+]1ccn(CCC(=O)c2ccc(Br)cc2)c1)c1ccc(Cl)cc1Cl.[Cl-]. The van der Waals surface area contributed by atoms with E-state index in [1.165, 1.54) is 0 Å². The van der Waals surface area contributed by atoms with Gasteiger partial charge in [-0.1, -0.05) is 57.3 Å². The van der Waals surface area contributed by atoms with Crippen molar-refractivity contribution in [3.05, 3.63) is 86.8 Å².